The number of imidazole rings is 3. The van der Waals surface area contributed by atoms with Gasteiger partial charge in [0.15, 0.2) is 17.5 Å². The number of nitrogens with two attached hydrogens (primary N) is 3. The highest BCUT2D eigenvalue weighted by atomic mass is 35.5. The number of anilines is 3. The van der Waals surface area contributed by atoms with Gasteiger partial charge in [0.25, 0.3) is 17.7 Å². The van der Waals surface area contributed by atoms with E-state index in [-0.39, 0.29) is 98.2 Å². The maximum atomic E-state index is 15.8. The summed E-state index contributed by atoms with van der Waals surface area (Å²) in [6, 6.07) is 4.51. The fourth-order valence-corrected chi connectivity index (χ4v) is 15.5. The minimum Gasteiger partial charge on any atom is -0.490 e. The van der Waals surface area contributed by atoms with Crippen LogP contribution in [-0.4, -0.2) is 195 Å². The summed E-state index contributed by atoms with van der Waals surface area (Å²) in [5, 5.41) is 18.5. The Morgan fingerprint density at radius 2 is 0.910 bits per heavy atom. The lowest BCUT2D eigenvalue weighted by Gasteiger charge is -2.37. The molecule has 2 saturated heterocycles. The van der Waals surface area contributed by atoms with Crippen LogP contribution in [0.5, 0.6) is 17.2 Å². The largest absolute Gasteiger partial charge is 0.490 e. The van der Waals surface area contributed by atoms with E-state index in [1.807, 2.05) is 101 Å². The van der Waals surface area contributed by atoms with Gasteiger partial charge in [0, 0.05) is 117 Å². The van der Waals surface area contributed by atoms with Crippen molar-refractivity contribution < 1.29 is 51.6 Å². The molecule has 26 nitrogen and oxygen atoms in total. The Kier molecular flexibility index (Phi) is 24.1. The maximum Gasteiger partial charge on any atom is 0.258 e. The normalized spacial score (nSPS) is 17.3. The van der Waals surface area contributed by atoms with Crippen molar-refractivity contribution in [3.8, 4) is 17.2 Å². The molecule has 0 bridgehead atoms. The number of halogens is 6. The Balaban J connectivity index is 0.000000156. The molecule has 9 aromatic rings. The summed E-state index contributed by atoms with van der Waals surface area (Å²) >= 11 is 19.1. The van der Waals surface area contributed by atoms with Gasteiger partial charge in [0.05, 0.1) is 81.3 Å². The van der Waals surface area contributed by atoms with E-state index in [2.05, 4.69) is 45.7 Å². The number of piperazine rings is 1. The molecule has 3 aliphatic carbocycles. The summed E-state index contributed by atoms with van der Waals surface area (Å²) in [5.74, 6) is -1.20. The molecular formula is C79H100Cl3F3N18O8. The van der Waals surface area contributed by atoms with E-state index in [4.69, 9.17) is 80.9 Å². The van der Waals surface area contributed by atoms with Gasteiger partial charge in [-0.1, -0.05) is 55.6 Å². The van der Waals surface area contributed by atoms with Gasteiger partial charge in [0.2, 0.25) is 0 Å². The maximum absolute atomic E-state index is 15.8. The summed E-state index contributed by atoms with van der Waals surface area (Å²) < 4.78 is 75.3. The molecule has 0 radical (unpaired) electrons. The van der Waals surface area contributed by atoms with Crippen LogP contribution in [0.1, 0.15) is 201 Å². The topological polar surface area (TPSA) is 323 Å². The molecule has 14 rings (SSSR count). The van der Waals surface area contributed by atoms with Crippen molar-refractivity contribution in [2.45, 2.75) is 174 Å². The SMILES string of the molecule is Cc1nc(C(C)c2cc(Cl)c(F)c(C(=O)NC3(CN(C)C)CC3)c2OC(C)C)n2ccnc(N)c12.Cc1nc(C(C)c2cc(Cl)c(F)c(C(=O)NC3(CN4CCN(CC5CC5)CC4)CC3)c2OC(C)C)n2ccnc(N)c12.Cc1nc(C(C)c2cc(Cl)c(F)c(C(=O)NCC3(O)COC3)c2OC(C)C)n2ccnc(N)c12. The number of rotatable bonds is 25. The first kappa shape index (κ1) is 81.7. The molecule has 3 unspecified atom stereocenters. The molecule has 5 aliphatic rings. The highest BCUT2D eigenvalue weighted by Gasteiger charge is 2.48. The Morgan fingerprint density at radius 1 is 0.568 bits per heavy atom. The van der Waals surface area contributed by atoms with Gasteiger partial charge in [-0.3, -0.25) is 32.5 Å². The molecule has 3 aromatic carbocycles. The number of ether oxygens (including phenoxy) is 4. The van der Waals surface area contributed by atoms with Crippen LogP contribution in [0.15, 0.2) is 55.4 Å². The van der Waals surface area contributed by atoms with E-state index in [0.29, 0.717) is 86.1 Å². The quantitative estimate of drug-likeness (QED) is 0.0279. The van der Waals surface area contributed by atoms with Crippen LogP contribution in [0.25, 0.3) is 16.6 Å². The Morgan fingerprint density at radius 3 is 1.23 bits per heavy atom. The summed E-state index contributed by atoms with van der Waals surface area (Å²) in [4.78, 5) is 74.1. The number of carbonyl (C=O) groups excluding carboxylic acids is 3. The molecule has 111 heavy (non-hydrogen) atoms. The van der Waals surface area contributed by atoms with Crippen molar-refractivity contribution >= 4 is 86.5 Å². The zero-order valence-electron chi connectivity index (χ0n) is 65.2. The highest BCUT2D eigenvalue weighted by molar-refractivity contribution is 6.32. The van der Waals surface area contributed by atoms with E-state index < -0.39 is 58.5 Å². The van der Waals surface area contributed by atoms with E-state index in [1.165, 1.54) is 31.5 Å². The van der Waals surface area contributed by atoms with Crippen molar-refractivity contribution in [3.63, 3.8) is 0 Å². The first-order valence-corrected chi connectivity index (χ1v) is 38.8. The molecule has 10 N–H and O–H groups in total. The standard InChI is InChI=1S/C31H41ClFN7O2.C25H32ClFN6O2.C23H27ClFN5O4/c1-18(2)42-27-22(19(3)29-36-20(4)26-28(34)35-9-10-40(26)29)15-23(32)25(33)24(27)30(41)37-31(7-8-31)17-39-13-11-38(12-14-39)16-21-5-6-21;1-13(2)35-21-16(14(3)23-30-15(4)20-22(28)29-9-10-33(20)23)11-17(26)19(27)18(21)24(34)31-25(7-8-25)12-32(5)6;1-11(2)34-19-14(12(3)21-29-13(4)18-20(26)27-5-6-30(18)21)7-15(24)17(25)16(19)22(31)28-8-23(32)9-33-10-23/h9-10,15,18-19,21H,5-8,11-14,16-17H2,1-4H3,(H2,34,35)(H,37,41);9-11,13-14H,7-8,12H2,1-6H3,(H2,28,29)(H,31,34);5-7,11-12,32H,8-10H2,1-4H3,(H2,26,27)(H,28,31). The van der Waals surface area contributed by atoms with E-state index in [0.717, 1.165) is 70.0 Å². The summed E-state index contributed by atoms with van der Waals surface area (Å²) in [6.07, 6.45) is 15.2. The number of amides is 3. The molecule has 6 aromatic heterocycles. The Bertz CT molecular complexity index is 5010. The number of hydrogen-bond donors (Lipinski definition) is 7. The smallest absolute Gasteiger partial charge is 0.258 e. The first-order chi connectivity index (χ1) is 52.5. The lowest BCUT2D eigenvalue weighted by molar-refractivity contribution is -0.173. The second kappa shape index (κ2) is 32.7. The summed E-state index contributed by atoms with van der Waals surface area (Å²) in [7, 11) is 3.89. The number of nitrogen functional groups attached to an aromatic ring is 3. The average Bonchev–Trinajstić information content (AvgIpc) is 1.68. The minimum atomic E-state index is -1.18. The van der Waals surface area contributed by atoms with Crippen LogP contribution in [0.2, 0.25) is 15.1 Å². The zero-order chi connectivity index (χ0) is 80.2. The minimum absolute atomic E-state index is 0.0650. The van der Waals surface area contributed by atoms with E-state index in [1.54, 1.807) is 57.1 Å². The first-order valence-electron chi connectivity index (χ1n) is 37.7. The number of carbonyl (C=O) groups is 3. The molecule has 32 heteroatoms. The number of hydrogen-bond acceptors (Lipinski definition) is 20. The molecule has 8 heterocycles. The van der Waals surface area contributed by atoms with E-state index in [9.17, 15) is 19.5 Å². The Labute approximate surface area is 658 Å². The van der Waals surface area contributed by atoms with Crippen LogP contribution in [0.4, 0.5) is 30.6 Å². The van der Waals surface area contributed by atoms with Crippen molar-refractivity contribution in [1.29, 1.82) is 0 Å². The lowest BCUT2D eigenvalue weighted by atomic mass is 9.95. The predicted octanol–water partition coefficient (Wildman–Crippen LogP) is 11.7. The zero-order valence-corrected chi connectivity index (χ0v) is 67.5. The fourth-order valence-electron chi connectivity index (χ4n) is 14.8. The van der Waals surface area contributed by atoms with Gasteiger partial charge in [-0.2, -0.15) is 0 Å². The van der Waals surface area contributed by atoms with Crippen molar-refractivity contribution in [1.82, 2.24) is 73.8 Å². The van der Waals surface area contributed by atoms with Crippen LogP contribution >= 0.6 is 34.8 Å². The summed E-state index contributed by atoms with van der Waals surface area (Å²) in [6.45, 7) is 29.0. The number of fused-ring (bicyclic) bond motifs is 3. The third kappa shape index (κ3) is 17.5. The van der Waals surface area contributed by atoms with Crippen LogP contribution in [0, 0.1) is 44.1 Å². The lowest BCUT2D eigenvalue weighted by Crippen LogP contribution is -2.57. The number of nitrogens with zero attached hydrogens (tertiary/aromatic N) is 12. The van der Waals surface area contributed by atoms with Crippen molar-refractivity contribution in [3.05, 3.63) is 156 Å². The third-order valence-electron chi connectivity index (χ3n) is 20.9. The van der Waals surface area contributed by atoms with Gasteiger partial charge in [0.1, 0.15) is 91.0 Å². The second-order valence-corrected chi connectivity index (χ2v) is 32.7. The van der Waals surface area contributed by atoms with Gasteiger partial charge in [-0.25, -0.2) is 43.1 Å². The third-order valence-corrected chi connectivity index (χ3v) is 21.7. The number of likely N-dealkylation sites (N-methyl/N-ethyl adjacent to an activating group) is 1. The molecule has 0 spiro atoms. The van der Waals surface area contributed by atoms with Crippen LogP contribution in [0.3, 0.4) is 0 Å². The molecule has 5 fully saturated rings. The molecule has 596 valence electrons. The van der Waals surface area contributed by atoms with Gasteiger partial charge in [-0.15, -0.1) is 0 Å². The molecule has 3 atom stereocenters. The monoisotopic (exact) mass is 1590 g/mol. The van der Waals surface area contributed by atoms with Crippen molar-refractivity contribution in [2.75, 3.05) is 96.9 Å². The van der Waals surface area contributed by atoms with Gasteiger partial charge in [-0.05, 0) is 139 Å². The van der Waals surface area contributed by atoms with Gasteiger partial charge >= 0.3 is 0 Å². The second-order valence-electron chi connectivity index (χ2n) is 31.4. The predicted molar refractivity (Wildman–Crippen MR) is 422 cm³/mol. The van der Waals surface area contributed by atoms with Crippen molar-refractivity contribution in [2.24, 2.45) is 5.92 Å². The molecule has 2 aliphatic heterocycles. The Hall–Kier alpha value is -8.81. The van der Waals surface area contributed by atoms with Crippen LogP contribution < -0.4 is 47.4 Å². The van der Waals surface area contributed by atoms with E-state index >= 15 is 13.2 Å². The number of nitrogens with one attached hydrogen (secondary N) is 3. The number of benzene rings is 3. The highest BCUT2D eigenvalue weighted by Crippen LogP contribution is 2.46. The summed E-state index contributed by atoms with van der Waals surface area (Å²) in [5.41, 5.74) is 21.5. The van der Waals surface area contributed by atoms with Gasteiger partial charge < -0.3 is 67.0 Å². The molecule has 3 saturated carbocycles. The number of aliphatic hydroxyl groups is 1. The number of aromatic nitrogens is 9. The average molecular weight is 1590 g/mol. The van der Waals surface area contributed by atoms with Crippen LogP contribution in [-0.2, 0) is 4.74 Å². The molecular weight excluding hydrogens is 1490 g/mol. The fraction of sp³-hybridized carbons (Fsp3) is 0.506. The molecule has 3 amide bonds. The number of aryl methyl sites for hydroxylation is 3.